The van der Waals surface area contributed by atoms with Crippen LogP contribution in [0.5, 0.6) is 0 Å². The number of rotatable bonds is 13. The molecule has 0 bridgehead atoms. The monoisotopic (exact) mass is 571 g/mol. The van der Waals surface area contributed by atoms with Crippen molar-refractivity contribution < 1.29 is 38.1 Å². The molecule has 9 nitrogen and oxygen atoms in total. The zero-order valence-corrected chi connectivity index (χ0v) is 24.2. The highest BCUT2D eigenvalue weighted by Gasteiger charge is 2.42. The molecule has 1 saturated heterocycles. The number of aliphatic carboxylic acids is 1. The molecule has 1 N–H and O–H groups in total. The summed E-state index contributed by atoms with van der Waals surface area (Å²) in [6.45, 7) is 4.58. The number of Topliss-reactive ketones (excluding diaryl/α,β-unsaturated/α-hetero) is 1. The van der Waals surface area contributed by atoms with Crippen LogP contribution in [0.4, 0.5) is 0 Å². The quantitative estimate of drug-likeness (QED) is 0.151. The van der Waals surface area contributed by atoms with Crippen LogP contribution in [-0.4, -0.2) is 64.8 Å². The van der Waals surface area contributed by atoms with Crippen LogP contribution in [0.15, 0.2) is 60.7 Å². The van der Waals surface area contributed by atoms with Gasteiger partial charge in [-0.1, -0.05) is 60.7 Å². The first-order chi connectivity index (χ1) is 18.9. The molecule has 1 heterocycles. The first-order valence-electron chi connectivity index (χ1n) is 13.5. The van der Waals surface area contributed by atoms with E-state index in [1.165, 1.54) is 4.90 Å². The van der Waals surface area contributed by atoms with Crippen LogP contribution in [0.1, 0.15) is 62.4 Å². The summed E-state index contributed by atoms with van der Waals surface area (Å²) >= 11 is 0. The smallest absolute Gasteiger partial charge is 0.326 e. The molecule has 0 aliphatic carbocycles. The normalized spacial score (nSPS) is 17.6. The van der Waals surface area contributed by atoms with Crippen molar-refractivity contribution in [1.29, 1.82) is 0 Å². The van der Waals surface area contributed by atoms with Crippen molar-refractivity contribution in [2.45, 2.75) is 64.6 Å². The molecule has 2 aromatic rings. The number of carboxylic acids is 1. The third-order valence-electron chi connectivity index (χ3n) is 6.97. The number of hydrogen-bond donors (Lipinski definition) is 1. The predicted octanol–water partition coefficient (Wildman–Crippen LogP) is 5.18. The van der Waals surface area contributed by atoms with Crippen LogP contribution in [0.3, 0.4) is 0 Å². The molecule has 1 fully saturated rings. The molecule has 1 aliphatic heterocycles. The Morgan fingerprint density at radius 2 is 1.65 bits per heavy atom. The Morgan fingerprint density at radius 3 is 2.25 bits per heavy atom. The van der Waals surface area contributed by atoms with Gasteiger partial charge in [-0.05, 0) is 52.0 Å². The number of aryl methyl sites for hydroxylation is 1. The summed E-state index contributed by atoms with van der Waals surface area (Å²) < 4.78 is 25.6. The van der Waals surface area contributed by atoms with E-state index in [2.05, 4.69) is 0 Å². The number of amides is 1. The third kappa shape index (κ3) is 8.60. The number of carbonyl (C=O) groups excluding carboxylic acids is 3. The van der Waals surface area contributed by atoms with Gasteiger partial charge in [0.25, 0.3) is 0 Å². The average molecular weight is 572 g/mol. The van der Waals surface area contributed by atoms with Gasteiger partial charge in [0.05, 0.1) is 5.41 Å². The number of esters is 1. The van der Waals surface area contributed by atoms with Crippen molar-refractivity contribution in [3.05, 3.63) is 71.8 Å². The molecule has 40 heavy (non-hydrogen) atoms. The lowest BCUT2D eigenvalue weighted by molar-refractivity contribution is -0.159. The number of ketones is 1. The Kier molecular flexibility index (Phi) is 10.8. The Bertz CT molecular complexity index is 1230. The van der Waals surface area contributed by atoms with Crippen molar-refractivity contribution in [2.24, 2.45) is 5.41 Å². The van der Waals surface area contributed by atoms with Crippen molar-refractivity contribution in [1.82, 2.24) is 4.90 Å². The number of ether oxygens (including phenoxy) is 1. The maximum absolute atomic E-state index is 14.6. The number of hydrogen-bond acceptors (Lipinski definition) is 7. The predicted molar refractivity (Wildman–Crippen MR) is 150 cm³/mol. The van der Waals surface area contributed by atoms with Crippen LogP contribution in [0.2, 0.25) is 0 Å². The number of likely N-dealkylation sites (tertiary alicyclic amines) is 1. The summed E-state index contributed by atoms with van der Waals surface area (Å²) in [4.78, 5) is 52.0. The van der Waals surface area contributed by atoms with Crippen LogP contribution < -0.4 is 0 Å². The lowest BCUT2D eigenvalue weighted by atomic mass is 9.98. The molecule has 3 rings (SSSR count). The van der Waals surface area contributed by atoms with Crippen molar-refractivity contribution in [3.63, 3.8) is 0 Å². The summed E-state index contributed by atoms with van der Waals surface area (Å²) in [5.41, 5.74) is -0.302. The zero-order valence-electron chi connectivity index (χ0n) is 23.3. The van der Waals surface area contributed by atoms with Crippen molar-refractivity contribution >= 4 is 31.0 Å². The Labute approximate surface area is 235 Å². The fourth-order valence-electron chi connectivity index (χ4n) is 4.64. The van der Waals surface area contributed by atoms with E-state index in [9.17, 15) is 28.8 Å². The van der Waals surface area contributed by atoms with E-state index in [4.69, 9.17) is 9.26 Å². The van der Waals surface area contributed by atoms with E-state index in [0.717, 1.165) is 5.56 Å². The van der Waals surface area contributed by atoms with Crippen molar-refractivity contribution in [2.75, 3.05) is 19.5 Å². The molecule has 2 unspecified atom stereocenters. The maximum Gasteiger partial charge on any atom is 0.326 e. The lowest BCUT2D eigenvalue weighted by Crippen LogP contribution is -2.42. The summed E-state index contributed by atoms with van der Waals surface area (Å²) in [7, 11) is -4.00. The van der Waals surface area contributed by atoms with E-state index in [1.54, 1.807) is 51.1 Å². The van der Waals surface area contributed by atoms with Gasteiger partial charge in [-0.25, -0.2) is 4.79 Å². The van der Waals surface area contributed by atoms with Gasteiger partial charge in [0, 0.05) is 24.2 Å². The van der Waals surface area contributed by atoms with Crippen LogP contribution in [-0.2, 0) is 34.6 Å². The van der Waals surface area contributed by atoms with Gasteiger partial charge in [0.15, 0.2) is 12.6 Å². The number of carbonyl (C=O) groups is 4. The first kappa shape index (κ1) is 31.2. The molecule has 0 spiro atoms. The van der Waals surface area contributed by atoms with Crippen LogP contribution >= 0.6 is 7.37 Å². The van der Waals surface area contributed by atoms with Gasteiger partial charge in [-0.2, -0.15) is 0 Å². The Morgan fingerprint density at radius 1 is 1.02 bits per heavy atom. The van der Waals surface area contributed by atoms with Crippen molar-refractivity contribution in [3.8, 4) is 0 Å². The second-order valence-electron chi connectivity index (χ2n) is 11.1. The maximum atomic E-state index is 14.6. The fourth-order valence-corrected chi connectivity index (χ4v) is 6.96. The van der Waals surface area contributed by atoms with Crippen LogP contribution in [0.25, 0.3) is 0 Å². The molecule has 0 saturated carbocycles. The highest BCUT2D eigenvalue weighted by molar-refractivity contribution is 7.60. The average Bonchev–Trinajstić information content (AvgIpc) is 3.42. The lowest BCUT2D eigenvalue weighted by Gasteiger charge is -2.30. The van der Waals surface area contributed by atoms with Gasteiger partial charge in [0.1, 0.15) is 12.2 Å². The number of nitrogens with zero attached hydrogens (tertiary/aromatic N) is 1. The van der Waals surface area contributed by atoms with Gasteiger partial charge in [-0.15, -0.1) is 0 Å². The minimum Gasteiger partial charge on any atom is -0.480 e. The van der Waals surface area contributed by atoms with E-state index < -0.39 is 55.3 Å². The molecular formula is C30H38NO8P. The second-order valence-corrected chi connectivity index (χ2v) is 13.8. The fraction of sp³-hybridized carbons (Fsp3) is 0.467. The summed E-state index contributed by atoms with van der Waals surface area (Å²) in [6, 6.07) is 17.1. The zero-order chi connectivity index (χ0) is 29.3. The SMILES string of the molecule is CC(C)(C)C(=O)OCOP(=O)(CC(=O)N1CCC[C@H]1C(=O)O)C(CCc1ccccc1)CC(=O)c1ccccc1. The van der Waals surface area contributed by atoms with E-state index in [0.29, 0.717) is 24.8 Å². The second kappa shape index (κ2) is 13.9. The number of benzene rings is 2. The van der Waals surface area contributed by atoms with Gasteiger partial charge < -0.3 is 14.7 Å². The molecule has 216 valence electrons. The molecule has 1 aliphatic rings. The topological polar surface area (TPSA) is 127 Å². The molecule has 2 aromatic carbocycles. The highest BCUT2D eigenvalue weighted by atomic mass is 31.2. The summed E-state index contributed by atoms with van der Waals surface area (Å²) in [5.74, 6) is -2.57. The third-order valence-corrected chi connectivity index (χ3v) is 9.78. The highest BCUT2D eigenvalue weighted by Crippen LogP contribution is 2.55. The van der Waals surface area contributed by atoms with Gasteiger partial charge >= 0.3 is 11.9 Å². The Balaban J connectivity index is 1.91. The largest absolute Gasteiger partial charge is 0.480 e. The number of carboxylic acid groups (broad SMARTS) is 1. The van der Waals surface area contributed by atoms with Gasteiger partial charge in [-0.3, -0.25) is 23.5 Å². The minimum absolute atomic E-state index is 0.156. The van der Waals surface area contributed by atoms with Crippen LogP contribution in [0, 0.1) is 5.41 Å². The molecule has 1 amide bonds. The van der Waals surface area contributed by atoms with Gasteiger partial charge in [0.2, 0.25) is 13.3 Å². The molecule has 10 heteroatoms. The van der Waals surface area contributed by atoms with E-state index in [-0.39, 0.29) is 25.2 Å². The molecule has 0 aromatic heterocycles. The summed E-state index contributed by atoms with van der Waals surface area (Å²) in [6.07, 6.45) is 0.809. The summed E-state index contributed by atoms with van der Waals surface area (Å²) in [5, 5.41) is 9.58. The first-order valence-corrected chi connectivity index (χ1v) is 15.3. The standard InChI is InChI=1S/C30H38NO8P/c1-30(2,3)29(36)38-21-39-40(37,20-27(33)31-18-10-15-25(31)28(34)35)24(17-16-22-11-6-4-7-12-22)19-26(32)23-13-8-5-9-14-23/h4-9,11-14,24-25H,10,15-21H2,1-3H3,(H,34,35)/t24?,25-,40?/m0/s1. The molecule has 3 atom stereocenters. The Hall–Kier alpha value is -3.29. The molecule has 0 radical (unpaired) electrons. The molecular weight excluding hydrogens is 533 g/mol. The van der Waals surface area contributed by atoms with E-state index in [1.807, 2.05) is 30.3 Å². The minimum atomic E-state index is -4.00. The van der Waals surface area contributed by atoms with E-state index >= 15 is 0 Å².